The maximum atomic E-state index is 12.4. The third-order valence-electron chi connectivity index (χ3n) is 14.4. The first-order valence-corrected chi connectivity index (χ1v) is 31.4. The molecule has 0 rings (SSSR count). The topological polar surface area (TPSA) is 95.9 Å². The molecule has 0 saturated carbocycles. The van der Waals surface area contributed by atoms with E-state index in [9.17, 15) is 19.8 Å². The van der Waals surface area contributed by atoms with Gasteiger partial charge in [0, 0.05) is 12.8 Å². The number of unbranched alkanes of at least 4 members (excludes halogenated alkanes) is 39. The Morgan fingerprint density at radius 1 is 0.394 bits per heavy atom. The maximum Gasteiger partial charge on any atom is 0.305 e. The molecule has 6 nitrogen and oxygen atoms in total. The fourth-order valence-electron chi connectivity index (χ4n) is 9.52. The number of allylic oxidation sites excluding steroid dienone is 8. The van der Waals surface area contributed by atoms with E-state index in [1.165, 1.54) is 238 Å². The average Bonchev–Trinajstić information content (AvgIpc) is 3.37. The summed E-state index contributed by atoms with van der Waals surface area (Å²) in [5.41, 5.74) is 0. The Balaban J connectivity index is 3.39. The Hall–Kier alpha value is -2.18. The van der Waals surface area contributed by atoms with Crippen LogP contribution in [0.15, 0.2) is 48.6 Å². The van der Waals surface area contributed by atoms with Crippen LogP contribution in [0.25, 0.3) is 0 Å². The van der Waals surface area contributed by atoms with Gasteiger partial charge in [0.05, 0.1) is 25.4 Å². The fraction of sp³-hybridized carbons (Fsp3) is 0.846. The summed E-state index contributed by atoms with van der Waals surface area (Å²) in [5, 5.41) is 23.2. The largest absolute Gasteiger partial charge is 0.466 e. The van der Waals surface area contributed by atoms with Crippen LogP contribution >= 0.6 is 0 Å². The molecule has 6 heteroatoms. The minimum Gasteiger partial charge on any atom is -0.466 e. The Bertz CT molecular complexity index is 1190. The number of ether oxygens (including phenoxy) is 1. The summed E-state index contributed by atoms with van der Waals surface area (Å²) < 4.78 is 5.47. The van der Waals surface area contributed by atoms with Crippen molar-refractivity contribution in [2.75, 3.05) is 13.2 Å². The molecule has 0 saturated heterocycles. The predicted octanol–water partition coefficient (Wildman–Crippen LogP) is 19.7. The van der Waals surface area contributed by atoms with Crippen LogP contribution in [0.3, 0.4) is 0 Å². The van der Waals surface area contributed by atoms with Gasteiger partial charge in [-0.25, -0.2) is 0 Å². The lowest BCUT2D eigenvalue weighted by Crippen LogP contribution is -2.45. The molecule has 2 atom stereocenters. The number of aliphatic hydroxyl groups is 2. The molecule has 71 heavy (non-hydrogen) atoms. The molecule has 0 aliphatic rings. The Labute approximate surface area is 442 Å². The second-order valence-corrected chi connectivity index (χ2v) is 21.4. The van der Waals surface area contributed by atoms with Crippen molar-refractivity contribution < 1.29 is 24.5 Å². The maximum absolute atomic E-state index is 12.4. The monoisotopic (exact) mass is 996 g/mol. The number of esters is 1. The van der Waals surface area contributed by atoms with Crippen molar-refractivity contribution in [3.63, 3.8) is 0 Å². The van der Waals surface area contributed by atoms with E-state index in [0.717, 1.165) is 57.8 Å². The van der Waals surface area contributed by atoms with Gasteiger partial charge < -0.3 is 20.3 Å². The van der Waals surface area contributed by atoms with Crippen LogP contribution in [0.1, 0.15) is 328 Å². The first-order chi connectivity index (χ1) is 35.0. The molecule has 416 valence electrons. The third kappa shape index (κ3) is 57.0. The third-order valence-corrected chi connectivity index (χ3v) is 14.4. The van der Waals surface area contributed by atoms with Gasteiger partial charge in [0.15, 0.2) is 0 Å². The summed E-state index contributed by atoms with van der Waals surface area (Å²) >= 11 is 0. The number of hydrogen-bond acceptors (Lipinski definition) is 5. The van der Waals surface area contributed by atoms with E-state index in [0.29, 0.717) is 25.9 Å². The molecule has 0 aromatic carbocycles. The predicted molar refractivity (Wildman–Crippen MR) is 310 cm³/mol. The molecule has 3 N–H and O–H groups in total. The van der Waals surface area contributed by atoms with Crippen molar-refractivity contribution in [3.05, 3.63) is 48.6 Å². The normalized spacial score (nSPS) is 12.9. The number of rotatable bonds is 58. The Morgan fingerprint density at radius 3 is 1.10 bits per heavy atom. The first-order valence-electron chi connectivity index (χ1n) is 31.4. The number of nitrogens with one attached hydrogen (secondary N) is 1. The summed E-state index contributed by atoms with van der Waals surface area (Å²) in [6, 6.07) is -0.541. The second-order valence-electron chi connectivity index (χ2n) is 21.4. The molecule has 0 aromatic heterocycles. The van der Waals surface area contributed by atoms with E-state index in [2.05, 4.69) is 67.8 Å². The number of amides is 1. The van der Waals surface area contributed by atoms with Gasteiger partial charge in [0.2, 0.25) is 5.91 Å². The lowest BCUT2D eigenvalue weighted by Gasteiger charge is -2.22. The summed E-state index contributed by atoms with van der Waals surface area (Å²) in [6.07, 6.45) is 77.1. The Kier molecular flexibility index (Phi) is 58.5. The van der Waals surface area contributed by atoms with Gasteiger partial charge in [-0.3, -0.25) is 9.59 Å². The van der Waals surface area contributed by atoms with Crippen LogP contribution in [-0.4, -0.2) is 47.4 Å². The van der Waals surface area contributed by atoms with E-state index in [4.69, 9.17) is 4.74 Å². The van der Waals surface area contributed by atoms with E-state index >= 15 is 0 Å². The number of aliphatic hydroxyl groups excluding tert-OH is 2. The van der Waals surface area contributed by atoms with E-state index in [-0.39, 0.29) is 18.5 Å². The van der Waals surface area contributed by atoms with Crippen molar-refractivity contribution in [2.45, 2.75) is 341 Å². The summed E-state index contributed by atoms with van der Waals surface area (Å²) in [4.78, 5) is 24.5. The number of hydrogen-bond donors (Lipinski definition) is 3. The molecule has 1 amide bonds. The molecule has 2 unspecified atom stereocenters. The number of carbonyl (C=O) groups excluding carboxylic acids is 2. The molecule has 0 aliphatic heterocycles. The van der Waals surface area contributed by atoms with Crippen molar-refractivity contribution in [1.29, 1.82) is 0 Å². The molecule has 0 aromatic rings. The van der Waals surface area contributed by atoms with Crippen molar-refractivity contribution >= 4 is 11.9 Å². The van der Waals surface area contributed by atoms with Gasteiger partial charge in [-0.15, -0.1) is 0 Å². The zero-order valence-corrected chi connectivity index (χ0v) is 47.5. The summed E-state index contributed by atoms with van der Waals surface area (Å²) in [7, 11) is 0. The van der Waals surface area contributed by atoms with Gasteiger partial charge in [0.1, 0.15) is 0 Å². The van der Waals surface area contributed by atoms with Crippen molar-refractivity contribution in [3.8, 4) is 0 Å². The fourth-order valence-corrected chi connectivity index (χ4v) is 9.52. The van der Waals surface area contributed by atoms with Crippen LogP contribution in [0.2, 0.25) is 0 Å². The SMILES string of the molecule is CCCCC/C=C\C/C=C\CCCCCCCC(=O)OCCCCCCCCCCC/C=C\C/C=C\CCCCCCCCCCCCCCCC(=O)NC(CO)C(O)CCCCCCCCCCCC. The molecule has 0 aliphatic carbocycles. The average molecular weight is 997 g/mol. The minimum atomic E-state index is -0.663. The number of carbonyl (C=O) groups is 2. The van der Waals surface area contributed by atoms with Crippen LogP contribution < -0.4 is 5.32 Å². The standard InChI is InChI=1S/C65H121NO5/c1-3-5-7-9-11-13-15-16-32-36-39-43-47-51-55-59-65(70)71-60-56-52-48-44-40-37-34-31-29-27-25-23-21-19-17-18-20-22-24-26-28-30-33-35-38-42-46-50-54-58-64(69)66-62(61-67)63(68)57-53-49-45-41-14-12-10-8-6-4-2/h11,13,16-17,19,23,25,32,62-63,67-68H,3-10,12,14-15,18,20-22,24,26-31,33-61H2,1-2H3,(H,66,69)/b13-11-,19-17-,25-23-,32-16-. The summed E-state index contributed by atoms with van der Waals surface area (Å²) in [5.74, 6) is -0.0399. The second kappa shape index (κ2) is 60.4. The minimum absolute atomic E-state index is 0.00241. The molecule has 0 radical (unpaired) electrons. The highest BCUT2D eigenvalue weighted by atomic mass is 16.5. The smallest absolute Gasteiger partial charge is 0.305 e. The van der Waals surface area contributed by atoms with Gasteiger partial charge >= 0.3 is 5.97 Å². The molecule has 0 fully saturated rings. The van der Waals surface area contributed by atoms with Crippen LogP contribution in [0, 0.1) is 0 Å². The van der Waals surface area contributed by atoms with Crippen LogP contribution in [0.5, 0.6) is 0 Å². The van der Waals surface area contributed by atoms with Crippen molar-refractivity contribution in [2.24, 2.45) is 0 Å². The zero-order valence-electron chi connectivity index (χ0n) is 47.5. The molecule has 0 heterocycles. The highest BCUT2D eigenvalue weighted by Gasteiger charge is 2.20. The zero-order chi connectivity index (χ0) is 51.4. The van der Waals surface area contributed by atoms with E-state index in [1.807, 2.05) is 0 Å². The lowest BCUT2D eigenvalue weighted by molar-refractivity contribution is -0.143. The van der Waals surface area contributed by atoms with Crippen LogP contribution in [0.4, 0.5) is 0 Å². The Morgan fingerprint density at radius 2 is 0.704 bits per heavy atom. The van der Waals surface area contributed by atoms with Gasteiger partial charge in [0.25, 0.3) is 0 Å². The van der Waals surface area contributed by atoms with Gasteiger partial charge in [-0.1, -0.05) is 274 Å². The van der Waals surface area contributed by atoms with E-state index < -0.39 is 12.1 Å². The lowest BCUT2D eigenvalue weighted by atomic mass is 10.0. The summed E-state index contributed by atoms with van der Waals surface area (Å²) in [6.45, 7) is 4.91. The molecule has 0 bridgehead atoms. The molecule has 0 spiro atoms. The van der Waals surface area contributed by atoms with Gasteiger partial charge in [-0.05, 0) is 89.9 Å². The quantitative estimate of drug-likeness (QED) is 0.0321. The van der Waals surface area contributed by atoms with Crippen molar-refractivity contribution in [1.82, 2.24) is 5.32 Å². The van der Waals surface area contributed by atoms with E-state index in [1.54, 1.807) is 0 Å². The van der Waals surface area contributed by atoms with Gasteiger partial charge in [-0.2, -0.15) is 0 Å². The molecular weight excluding hydrogens is 875 g/mol. The van der Waals surface area contributed by atoms with Crippen LogP contribution in [-0.2, 0) is 14.3 Å². The highest BCUT2D eigenvalue weighted by Crippen LogP contribution is 2.17. The highest BCUT2D eigenvalue weighted by molar-refractivity contribution is 5.76. The first kappa shape index (κ1) is 68.8. The molecular formula is C65H121NO5.